The van der Waals surface area contributed by atoms with Crippen LogP contribution < -0.4 is 9.80 Å². The van der Waals surface area contributed by atoms with Gasteiger partial charge in [0, 0.05) is 25.0 Å². The van der Waals surface area contributed by atoms with Crippen LogP contribution in [0.4, 0.5) is 20.6 Å². The molecule has 1 aliphatic heterocycles. The first-order chi connectivity index (χ1) is 15.0. The predicted molar refractivity (Wildman–Crippen MR) is 114 cm³/mol. The normalized spacial score (nSPS) is 15.8. The van der Waals surface area contributed by atoms with E-state index in [1.165, 1.54) is 17.9 Å². The zero-order valence-corrected chi connectivity index (χ0v) is 16.9. The Morgan fingerprint density at radius 2 is 2.00 bits per heavy atom. The first-order valence-electron chi connectivity index (χ1n) is 9.85. The van der Waals surface area contributed by atoms with E-state index in [4.69, 9.17) is 4.74 Å². The first kappa shape index (κ1) is 20.6. The SMILES string of the molecule is CC(=O)N(C[C@H]1CN(c2ccc(-n3ccc(CO)c3)c(F)c2)C(=O)O1)c1ccccc1. The quantitative estimate of drug-likeness (QED) is 0.659. The van der Waals surface area contributed by atoms with E-state index in [1.54, 1.807) is 40.1 Å². The number of para-hydroxylation sites is 1. The van der Waals surface area contributed by atoms with Crippen LogP contribution in [0, 0.1) is 5.82 Å². The summed E-state index contributed by atoms with van der Waals surface area (Å²) < 4.78 is 21.8. The third-order valence-electron chi connectivity index (χ3n) is 5.17. The molecule has 160 valence electrons. The number of aliphatic hydroxyl groups excluding tert-OH is 1. The van der Waals surface area contributed by atoms with Gasteiger partial charge in [0.05, 0.1) is 31.1 Å². The molecule has 7 nitrogen and oxygen atoms in total. The van der Waals surface area contributed by atoms with Gasteiger partial charge < -0.3 is 19.3 Å². The number of carbonyl (C=O) groups excluding carboxylic acids is 2. The number of rotatable bonds is 6. The Labute approximate surface area is 178 Å². The highest BCUT2D eigenvalue weighted by molar-refractivity contribution is 5.93. The van der Waals surface area contributed by atoms with Crippen molar-refractivity contribution in [2.75, 3.05) is 22.9 Å². The van der Waals surface area contributed by atoms with Crippen molar-refractivity contribution in [1.82, 2.24) is 4.57 Å². The summed E-state index contributed by atoms with van der Waals surface area (Å²) in [6.45, 7) is 1.73. The number of halogens is 1. The summed E-state index contributed by atoms with van der Waals surface area (Å²) in [6, 6.07) is 15.3. The van der Waals surface area contributed by atoms with Crippen molar-refractivity contribution in [3.63, 3.8) is 0 Å². The number of cyclic esters (lactones) is 1. The summed E-state index contributed by atoms with van der Waals surface area (Å²) in [4.78, 5) is 27.4. The molecule has 8 heteroatoms. The minimum absolute atomic E-state index is 0.131. The molecule has 3 aromatic rings. The van der Waals surface area contributed by atoms with Crippen molar-refractivity contribution in [1.29, 1.82) is 0 Å². The van der Waals surface area contributed by atoms with Crippen molar-refractivity contribution in [2.24, 2.45) is 0 Å². The molecular weight excluding hydrogens is 401 g/mol. The molecule has 2 aromatic carbocycles. The maximum absolute atomic E-state index is 14.7. The molecule has 0 unspecified atom stereocenters. The van der Waals surface area contributed by atoms with Crippen molar-refractivity contribution < 1.29 is 23.8 Å². The molecule has 1 atom stereocenters. The van der Waals surface area contributed by atoms with Gasteiger partial charge in [-0.25, -0.2) is 9.18 Å². The second-order valence-corrected chi connectivity index (χ2v) is 7.30. The maximum Gasteiger partial charge on any atom is 0.414 e. The van der Waals surface area contributed by atoms with Gasteiger partial charge in [0.1, 0.15) is 11.9 Å². The maximum atomic E-state index is 14.7. The molecule has 0 radical (unpaired) electrons. The van der Waals surface area contributed by atoms with E-state index in [9.17, 15) is 19.1 Å². The molecule has 0 saturated carbocycles. The number of aromatic nitrogens is 1. The zero-order valence-electron chi connectivity index (χ0n) is 16.9. The van der Waals surface area contributed by atoms with Gasteiger partial charge in [-0.15, -0.1) is 0 Å². The van der Waals surface area contributed by atoms with Gasteiger partial charge in [0.2, 0.25) is 5.91 Å². The van der Waals surface area contributed by atoms with Crippen molar-refractivity contribution in [3.8, 4) is 5.69 Å². The van der Waals surface area contributed by atoms with Crippen LogP contribution in [0.5, 0.6) is 0 Å². The lowest BCUT2D eigenvalue weighted by molar-refractivity contribution is -0.116. The second kappa shape index (κ2) is 8.61. The summed E-state index contributed by atoms with van der Waals surface area (Å²) in [5.41, 5.74) is 2.06. The lowest BCUT2D eigenvalue weighted by atomic mass is 10.2. The van der Waals surface area contributed by atoms with Crippen LogP contribution >= 0.6 is 0 Å². The van der Waals surface area contributed by atoms with Gasteiger partial charge in [0.15, 0.2) is 0 Å². The monoisotopic (exact) mass is 423 g/mol. The van der Waals surface area contributed by atoms with E-state index >= 15 is 0 Å². The van der Waals surface area contributed by atoms with Gasteiger partial charge in [-0.3, -0.25) is 9.69 Å². The van der Waals surface area contributed by atoms with Crippen molar-refractivity contribution in [2.45, 2.75) is 19.6 Å². The Balaban J connectivity index is 1.50. The molecule has 0 spiro atoms. The highest BCUT2D eigenvalue weighted by Crippen LogP contribution is 2.27. The summed E-state index contributed by atoms with van der Waals surface area (Å²) in [5, 5.41) is 9.19. The number of anilines is 2. The average Bonchev–Trinajstić information content (AvgIpc) is 3.38. The highest BCUT2D eigenvalue weighted by atomic mass is 19.1. The number of nitrogens with zero attached hydrogens (tertiary/aromatic N) is 3. The summed E-state index contributed by atoms with van der Waals surface area (Å²) in [6.07, 6.45) is 2.16. The zero-order chi connectivity index (χ0) is 22.0. The molecule has 31 heavy (non-hydrogen) atoms. The predicted octanol–water partition coefficient (Wildman–Crippen LogP) is 3.49. The largest absolute Gasteiger partial charge is 0.442 e. The van der Waals surface area contributed by atoms with Crippen LogP contribution in [-0.2, 0) is 16.1 Å². The molecule has 0 aliphatic carbocycles. The lowest BCUT2D eigenvalue weighted by Crippen LogP contribution is -2.38. The molecule has 1 fully saturated rings. The Morgan fingerprint density at radius 3 is 2.65 bits per heavy atom. The van der Waals surface area contributed by atoms with Crippen LogP contribution in [-0.4, -0.2) is 40.9 Å². The molecular formula is C23H22FN3O4. The average molecular weight is 423 g/mol. The molecule has 4 rings (SSSR count). The summed E-state index contributed by atoms with van der Waals surface area (Å²) in [7, 11) is 0. The van der Waals surface area contributed by atoms with E-state index in [2.05, 4.69) is 0 Å². The Morgan fingerprint density at radius 1 is 1.23 bits per heavy atom. The van der Waals surface area contributed by atoms with Crippen LogP contribution in [0.2, 0.25) is 0 Å². The number of aliphatic hydroxyl groups is 1. The van der Waals surface area contributed by atoms with E-state index in [0.29, 0.717) is 22.6 Å². The number of ether oxygens (including phenoxy) is 1. The molecule has 2 heterocycles. The number of benzene rings is 2. The Bertz CT molecular complexity index is 1100. The second-order valence-electron chi connectivity index (χ2n) is 7.30. The first-order valence-corrected chi connectivity index (χ1v) is 9.85. The lowest BCUT2D eigenvalue weighted by Gasteiger charge is -2.23. The van der Waals surface area contributed by atoms with E-state index in [1.807, 2.05) is 30.3 Å². The molecule has 1 N–H and O–H groups in total. The third-order valence-corrected chi connectivity index (χ3v) is 5.17. The molecule has 1 aromatic heterocycles. The fourth-order valence-corrected chi connectivity index (χ4v) is 3.61. The smallest absolute Gasteiger partial charge is 0.414 e. The van der Waals surface area contributed by atoms with Gasteiger partial charge in [-0.05, 0) is 42.0 Å². The fourth-order valence-electron chi connectivity index (χ4n) is 3.61. The fraction of sp³-hybridized carbons (Fsp3) is 0.217. The third kappa shape index (κ3) is 4.29. The van der Waals surface area contributed by atoms with E-state index in [-0.39, 0.29) is 25.6 Å². The van der Waals surface area contributed by atoms with Crippen LogP contribution in [0.1, 0.15) is 12.5 Å². The molecule has 2 amide bonds. The van der Waals surface area contributed by atoms with Crippen molar-refractivity contribution in [3.05, 3.63) is 78.4 Å². The van der Waals surface area contributed by atoms with Gasteiger partial charge in [0.25, 0.3) is 0 Å². The Hall–Kier alpha value is -3.65. The Kier molecular flexibility index (Phi) is 5.73. The van der Waals surface area contributed by atoms with Crippen molar-refractivity contribution >= 4 is 23.4 Å². The molecule has 1 saturated heterocycles. The van der Waals surface area contributed by atoms with Crippen LogP contribution in [0.25, 0.3) is 5.69 Å². The highest BCUT2D eigenvalue weighted by Gasteiger charge is 2.34. The standard InChI is InChI=1S/C23H22FN3O4/c1-16(29)26(18-5-3-2-4-6-18)13-20-14-27(23(30)31-20)19-7-8-22(21(24)11-19)25-10-9-17(12-25)15-28/h2-12,20,28H,13-15H2,1H3/t20-/m0/s1. The van der Waals surface area contributed by atoms with Crippen LogP contribution in [0.15, 0.2) is 67.0 Å². The van der Waals surface area contributed by atoms with Gasteiger partial charge in [-0.1, -0.05) is 18.2 Å². The number of carbonyl (C=O) groups is 2. The van der Waals surface area contributed by atoms with Gasteiger partial charge >= 0.3 is 6.09 Å². The molecule has 1 aliphatic rings. The summed E-state index contributed by atoms with van der Waals surface area (Å²) in [5.74, 6) is -0.673. The minimum atomic E-state index is -0.586. The molecule has 0 bridgehead atoms. The minimum Gasteiger partial charge on any atom is -0.442 e. The summed E-state index contributed by atoms with van der Waals surface area (Å²) >= 11 is 0. The topological polar surface area (TPSA) is 75.0 Å². The van der Waals surface area contributed by atoms with Crippen LogP contribution in [0.3, 0.4) is 0 Å². The van der Waals surface area contributed by atoms with E-state index in [0.717, 1.165) is 0 Å². The number of hydrogen-bond acceptors (Lipinski definition) is 4. The number of amides is 2. The van der Waals surface area contributed by atoms with E-state index < -0.39 is 18.0 Å². The number of hydrogen-bond donors (Lipinski definition) is 1. The van der Waals surface area contributed by atoms with Gasteiger partial charge in [-0.2, -0.15) is 0 Å².